The largest absolute Gasteiger partial charge is 0.496 e. The first kappa shape index (κ1) is 20.6. The highest BCUT2D eigenvalue weighted by molar-refractivity contribution is 5.99. The first-order chi connectivity index (χ1) is 15.3. The Morgan fingerprint density at radius 1 is 1.09 bits per heavy atom. The molecule has 0 unspecified atom stereocenters. The van der Waals surface area contributed by atoms with Crippen LogP contribution in [0.2, 0.25) is 0 Å². The molecule has 32 heavy (non-hydrogen) atoms. The molecule has 2 aromatic carbocycles. The maximum absolute atomic E-state index is 14.6. The normalized spacial score (nSPS) is 19.1. The van der Waals surface area contributed by atoms with Crippen molar-refractivity contribution in [1.82, 2.24) is 24.9 Å². The molecule has 2 aromatic heterocycles. The molecule has 1 aliphatic rings. The fourth-order valence-corrected chi connectivity index (χ4v) is 4.72. The van der Waals surface area contributed by atoms with Crippen molar-refractivity contribution in [1.29, 1.82) is 0 Å². The summed E-state index contributed by atoms with van der Waals surface area (Å²) >= 11 is 0. The van der Waals surface area contributed by atoms with Crippen LogP contribution in [0.4, 0.5) is 21.6 Å². The van der Waals surface area contributed by atoms with E-state index < -0.39 is 0 Å². The van der Waals surface area contributed by atoms with Gasteiger partial charge in [-0.1, -0.05) is 0 Å². The number of aryl methyl sites for hydroxylation is 2. The molecule has 0 saturated carbocycles. The third-order valence-electron chi connectivity index (χ3n) is 5.98. The predicted molar refractivity (Wildman–Crippen MR) is 125 cm³/mol. The maximum Gasteiger partial charge on any atom is 0.164 e. The zero-order chi connectivity index (χ0) is 22.6. The number of hydrogen-bond donors (Lipinski definition) is 2. The second-order valence-electron chi connectivity index (χ2n) is 8.71. The number of anilines is 3. The van der Waals surface area contributed by atoms with Crippen LogP contribution >= 0.6 is 0 Å². The highest BCUT2D eigenvalue weighted by Crippen LogP contribution is 2.38. The molecule has 168 valence electrons. The zero-order valence-corrected chi connectivity index (χ0v) is 19.0. The number of ether oxygens (including phenoxy) is 1. The van der Waals surface area contributed by atoms with Crippen molar-refractivity contribution in [3.05, 3.63) is 36.3 Å². The average Bonchev–Trinajstić information content (AvgIpc) is 3.26. The summed E-state index contributed by atoms with van der Waals surface area (Å²) in [5.41, 5.74) is 3.01. The van der Waals surface area contributed by atoms with Gasteiger partial charge in [-0.15, -0.1) is 0 Å². The van der Waals surface area contributed by atoms with E-state index in [4.69, 9.17) is 4.74 Å². The van der Waals surface area contributed by atoms with Crippen LogP contribution in [0.1, 0.15) is 13.8 Å². The number of benzene rings is 2. The minimum Gasteiger partial charge on any atom is -0.496 e. The van der Waals surface area contributed by atoms with Gasteiger partial charge >= 0.3 is 0 Å². The Morgan fingerprint density at radius 3 is 2.56 bits per heavy atom. The summed E-state index contributed by atoms with van der Waals surface area (Å²) < 4.78 is 23.8. The Balaban J connectivity index is 1.56. The summed E-state index contributed by atoms with van der Waals surface area (Å²) in [5, 5.41) is 17.3. The molecule has 2 N–H and O–H groups in total. The van der Waals surface area contributed by atoms with Gasteiger partial charge in [-0.25, -0.2) is 4.39 Å². The summed E-state index contributed by atoms with van der Waals surface area (Å²) in [6, 6.07) is 8.33. The molecule has 0 spiro atoms. The van der Waals surface area contributed by atoms with Crippen LogP contribution in [0.3, 0.4) is 0 Å². The van der Waals surface area contributed by atoms with Crippen LogP contribution in [0.25, 0.3) is 21.8 Å². The molecule has 2 atom stereocenters. The van der Waals surface area contributed by atoms with Crippen molar-refractivity contribution < 1.29 is 9.13 Å². The lowest BCUT2D eigenvalue weighted by Gasteiger charge is -2.37. The quantitative estimate of drug-likeness (QED) is 0.509. The maximum atomic E-state index is 14.6. The molecule has 1 fully saturated rings. The van der Waals surface area contributed by atoms with E-state index in [1.165, 1.54) is 6.07 Å². The van der Waals surface area contributed by atoms with Gasteiger partial charge in [0.2, 0.25) is 0 Å². The molecule has 3 heterocycles. The van der Waals surface area contributed by atoms with Crippen molar-refractivity contribution in [2.24, 2.45) is 14.1 Å². The van der Waals surface area contributed by atoms with Crippen LogP contribution in [0.15, 0.2) is 30.5 Å². The molecule has 4 aromatic rings. The number of fused-ring (bicyclic) bond motifs is 2. The Kier molecular flexibility index (Phi) is 4.93. The third-order valence-corrected chi connectivity index (χ3v) is 5.98. The molecule has 0 bridgehead atoms. The fourth-order valence-electron chi connectivity index (χ4n) is 4.72. The van der Waals surface area contributed by atoms with Gasteiger partial charge in [-0.3, -0.25) is 9.36 Å². The average molecular weight is 438 g/mol. The molecule has 1 saturated heterocycles. The van der Waals surface area contributed by atoms with Gasteiger partial charge in [0.15, 0.2) is 11.6 Å². The van der Waals surface area contributed by atoms with Crippen LogP contribution in [-0.4, -0.2) is 51.8 Å². The minimum absolute atomic E-state index is 0.352. The van der Waals surface area contributed by atoms with E-state index in [0.29, 0.717) is 29.1 Å². The van der Waals surface area contributed by atoms with E-state index >= 15 is 0 Å². The van der Waals surface area contributed by atoms with Gasteiger partial charge in [0.05, 0.1) is 18.0 Å². The summed E-state index contributed by atoms with van der Waals surface area (Å²) in [7, 11) is 5.35. The number of aromatic nitrogens is 4. The Hall–Kier alpha value is -3.33. The summed E-state index contributed by atoms with van der Waals surface area (Å²) in [6.45, 7) is 6.24. The number of halogens is 1. The lowest BCUT2D eigenvalue weighted by molar-refractivity contribution is 0.404. The van der Waals surface area contributed by atoms with Crippen molar-refractivity contribution in [3.8, 4) is 5.75 Å². The monoisotopic (exact) mass is 437 g/mol. The van der Waals surface area contributed by atoms with E-state index in [1.54, 1.807) is 25.0 Å². The molecule has 9 heteroatoms. The highest BCUT2D eigenvalue weighted by Gasteiger charge is 2.24. The van der Waals surface area contributed by atoms with E-state index in [1.807, 2.05) is 17.8 Å². The molecule has 0 amide bonds. The van der Waals surface area contributed by atoms with Gasteiger partial charge in [0.1, 0.15) is 11.3 Å². The smallest absolute Gasteiger partial charge is 0.164 e. The Morgan fingerprint density at radius 2 is 1.84 bits per heavy atom. The molecular formula is C23H28FN7O. The molecule has 5 rings (SSSR count). The third kappa shape index (κ3) is 3.52. The number of nitrogens with one attached hydrogen (secondary N) is 2. The number of hydrogen-bond acceptors (Lipinski definition) is 6. The van der Waals surface area contributed by atoms with E-state index in [2.05, 4.69) is 51.7 Å². The zero-order valence-electron chi connectivity index (χ0n) is 19.0. The lowest BCUT2D eigenvalue weighted by atomic mass is 10.1. The summed E-state index contributed by atoms with van der Waals surface area (Å²) in [4.78, 5) is 2.37. The van der Waals surface area contributed by atoms with Crippen LogP contribution in [0, 0.1) is 5.82 Å². The number of piperazine rings is 1. The van der Waals surface area contributed by atoms with E-state index in [0.717, 1.165) is 40.8 Å². The predicted octanol–water partition coefficient (Wildman–Crippen LogP) is 3.54. The Labute approximate surface area is 185 Å². The molecule has 1 aliphatic heterocycles. The second kappa shape index (κ2) is 7.67. The summed E-state index contributed by atoms with van der Waals surface area (Å²) in [6.07, 6.45) is 1.79. The van der Waals surface area contributed by atoms with E-state index in [9.17, 15) is 4.39 Å². The van der Waals surface area contributed by atoms with Crippen LogP contribution in [0.5, 0.6) is 5.75 Å². The SMILES string of the molecule is COc1cc(N2C[C@H](C)N[C@@H](C)C2)cc2c1c(Nc1cc(F)c3nn(C)cc3c1)nn2C. The molecule has 8 nitrogen and oxygen atoms in total. The van der Waals surface area contributed by atoms with Crippen molar-refractivity contribution in [3.63, 3.8) is 0 Å². The molecular weight excluding hydrogens is 409 g/mol. The van der Waals surface area contributed by atoms with Gasteiger partial charge in [0, 0.05) is 68.3 Å². The topological polar surface area (TPSA) is 72.2 Å². The second-order valence-corrected chi connectivity index (χ2v) is 8.71. The standard InChI is InChI=1S/C23H28FN7O/c1-13-10-31(11-14(2)25-13)17-8-19-21(20(9-17)32-5)23(28-30(19)4)26-16-6-15-12-29(3)27-22(15)18(24)7-16/h6-9,12-14,25H,10-11H2,1-5H3,(H,26,28)/t13-,14-/m0/s1. The molecule has 0 radical (unpaired) electrons. The van der Waals surface area contributed by atoms with Crippen LogP contribution in [-0.2, 0) is 14.1 Å². The first-order valence-corrected chi connectivity index (χ1v) is 10.8. The van der Waals surface area contributed by atoms with Crippen molar-refractivity contribution >= 4 is 39.0 Å². The van der Waals surface area contributed by atoms with Gasteiger partial charge in [-0.2, -0.15) is 10.2 Å². The van der Waals surface area contributed by atoms with Crippen LogP contribution < -0.4 is 20.3 Å². The lowest BCUT2D eigenvalue weighted by Crippen LogP contribution is -2.54. The van der Waals surface area contributed by atoms with Crippen molar-refractivity contribution in [2.75, 3.05) is 30.4 Å². The highest BCUT2D eigenvalue weighted by atomic mass is 19.1. The van der Waals surface area contributed by atoms with Gasteiger partial charge in [0.25, 0.3) is 0 Å². The number of rotatable bonds is 4. The van der Waals surface area contributed by atoms with Gasteiger partial charge in [-0.05, 0) is 32.0 Å². The van der Waals surface area contributed by atoms with Gasteiger partial charge < -0.3 is 20.3 Å². The number of nitrogens with zero attached hydrogens (tertiary/aromatic N) is 5. The molecule has 0 aliphatic carbocycles. The fraction of sp³-hybridized carbons (Fsp3) is 0.391. The van der Waals surface area contributed by atoms with E-state index in [-0.39, 0.29) is 5.82 Å². The number of methoxy groups -OCH3 is 1. The minimum atomic E-state index is -0.373. The summed E-state index contributed by atoms with van der Waals surface area (Å²) in [5.74, 6) is 0.979. The van der Waals surface area contributed by atoms with Crippen molar-refractivity contribution in [2.45, 2.75) is 25.9 Å². The Bertz CT molecular complexity index is 1300. The first-order valence-electron chi connectivity index (χ1n) is 10.8.